The Morgan fingerprint density at radius 3 is 2.73 bits per heavy atom. The van der Waals surface area contributed by atoms with Gasteiger partial charge in [0.05, 0.1) is 17.9 Å². The van der Waals surface area contributed by atoms with E-state index in [-0.39, 0.29) is 18.5 Å². The van der Waals surface area contributed by atoms with Gasteiger partial charge < -0.3 is 10.6 Å². The SMILES string of the molecule is CC(NCC(=O)Nc1cc(Cl)ccc1-n1cncn1)c1cccc(Cl)c1. The molecule has 1 atom stereocenters. The van der Waals surface area contributed by atoms with E-state index in [1.165, 1.54) is 6.33 Å². The van der Waals surface area contributed by atoms with Gasteiger partial charge in [-0.15, -0.1) is 0 Å². The van der Waals surface area contributed by atoms with Crippen LogP contribution in [0, 0.1) is 0 Å². The largest absolute Gasteiger partial charge is 0.323 e. The summed E-state index contributed by atoms with van der Waals surface area (Å²) in [6, 6.07) is 12.7. The first kappa shape index (κ1) is 18.4. The Bertz CT molecular complexity index is 898. The number of amides is 1. The number of aromatic nitrogens is 3. The van der Waals surface area contributed by atoms with Crippen molar-refractivity contribution in [1.29, 1.82) is 0 Å². The molecular weight excluding hydrogens is 373 g/mol. The monoisotopic (exact) mass is 389 g/mol. The van der Waals surface area contributed by atoms with Gasteiger partial charge in [0.15, 0.2) is 0 Å². The van der Waals surface area contributed by atoms with Crippen molar-refractivity contribution >= 4 is 34.8 Å². The molecular formula is C18H17Cl2N5O. The summed E-state index contributed by atoms with van der Waals surface area (Å²) < 4.78 is 1.56. The quantitative estimate of drug-likeness (QED) is 0.671. The molecule has 2 N–H and O–H groups in total. The summed E-state index contributed by atoms with van der Waals surface area (Å²) in [6.07, 6.45) is 2.98. The lowest BCUT2D eigenvalue weighted by molar-refractivity contribution is -0.115. The van der Waals surface area contributed by atoms with Crippen molar-refractivity contribution in [3.05, 3.63) is 70.7 Å². The minimum Gasteiger partial charge on any atom is -0.323 e. The molecule has 8 heteroatoms. The second-order valence-electron chi connectivity index (χ2n) is 5.71. The Morgan fingerprint density at radius 2 is 2.00 bits per heavy atom. The number of nitrogens with zero attached hydrogens (tertiary/aromatic N) is 3. The van der Waals surface area contributed by atoms with Gasteiger partial charge in [-0.3, -0.25) is 4.79 Å². The molecule has 1 unspecified atom stereocenters. The fraction of sp³-hybridized carbons (Fsp3) is 0.167. The summed E-state index contributed by atoms with van der Waals surface area (Å²) in [5.74, 6) is -0.192. The van der Waals surface area contributed by atoms with E-state index >= 15 is 0 Å². The van der Waals surface area contributed by atoms with Crippen LogP contribution in [0.1, 0.15) is 18.5 Å². The van der Waals surface area contributed by atoms with Gasteiger partial charge in [0.1, 0.15) is 12.7 Å². The molecule has 0 aliphatic rings. The highest BCUT2D eigenvalue weighted by atomic mass is 35.5. The van der Waals surface area contributed by atoms with Crippen LogP contribution in [0.25, 0.3) is 5.69 Å². The topological polar surface area (TPSA) is 71.8 Å². The average Bonchev–Trinajstić information content (AvgIpc) is 3.14. The standard InChI is InChI=1S/C18H17Cl2N5O/c1-12(13-3-2-4-14(19)7-13)22-9-18(26)24-16-8-15(20)5-6-17(16)25-11-21-10-23-25/h2-8,10-12,22H,9H2,1H3,(H,24,26). The molecule has 0 aliphatic carbocycles. The Morgan fingerprint density at radius 1 is 1.19 bits per heavy atom. The van der Waals surface area contributed by atoms with Gasteiger partial charge in [0.25, 0.3) is 0 Å². The predicted octanol–water partition coefficient (Wildman–Crippen LogP) is 3.86. The van der Waals surface area contributed by atoms with Gasteiger partial charge in [-0.2, -0.15) is 5.10 Å². The molecule has 0 bridgehead atoms. The Labute approximate surface area is 161 Å². The van der Waals surface area contributed by atoms with E-state index in [9.17, 15) is 4.79 Å². The summed E-state index contributed by atoms with van der Waals surface area (Å²) in [5.41, 5.74) is 2.25. The molecule has 3 rings (SSSR count). The summed E-state index contributed by atoms with van der Waals surface area (Å²) in [5, 5.41) is 11.3. The molecule has 0 aliphatic heterocycles. The smallest absolute Gasteiger partial charge is 0.238 e. The molecule has 134 valence electrons. The number of rotatable bonds is 6. The van der Waals surface area contributed by atoms with Crippen LogP contribution >= 0.6 is 23.2 Å². The Hall–Kier alpha value is -2.41. The zero-order valence-electron chi connectivity index (χ0n) is 14.0. The maximum atomic E-state index is 12.4. The van der Waals surface area contributed by atoms with E-state index in [4.69, 9.17) is 23.2 Å². The van der Waals surface area contributed by atoms with Crippen molar-refractivity contribution < 1.29 is 4.79 Å². The predicted molar refractivity (Wildman–Crippen MR) is 103 cm³/mol. The first-order valence-electron chi connectivity index (χ1n) is 7.96. The van der Waals surface area contributed by atoms with E-state index in [1.54, 1.807) is 29.2 Å². The first-order valence-corrected chi connectivity index (χ1v) is 8.72. The lowest BCUT2D eigenvalue weighted by Crippen LogP contribution is -2.30. The first-order chi connectivity index (χ1) is 12.5. The molecule has 0 saturated carbocycles. The number of carbonyl (C=O) groups is 1. The second kappa shape index (κ2) is 8.31. The van der Waals surface area contributed by atoms with Crippen LogP contribution in [-0.4, -0.2) is 27.2 Å². The van der Waals surface area contributed by atoms with Gasteiger partial charge in [-0.1, -0.05) is 35.3 Å². The van der Waals surface area contributed by atoms with E-state index in [2.05, 4.69) is 20.7 Å². The molecule has 3 aromatic rings. The van der Waals surface area contributed by atoms with Crippen molar-refractivity contribution in [2.45, 2.75) is 13.0 Å². The minimum atomic E-state index is -0.192. The molecule has 2 aromatic carbocycles. The van der Waals surface area contributed by atoms with E-state index < -0.39 is 0 Å². The molecule has 1 amide bonds. The molecule has 1 aromatic heterocycles. The summed E-state index contributed by atoms with van der Waals surface area (Å²) in [4.78, 5) is 16.3. The van der Waals surface area contributed by atoms with Gasteiger partial charge in [-0.05, 0) is 42.8 Å². The maximum absolute atomic E-state index is 12.4. The fourth-order valence-electron chi connectivity index (χ4n) is 2.47. The summed E-state index contributed by atoms with van der Waals surface area (Å²) in [7, 11) is 0. The third-order valence-electron chi connectivity index (χ3n) is 3.82. The number of carbonyl (C=O) groups excluding carboxylic acids is 1. The normalized spacial score (nSPS) is 12.0. The second-order valence-corrected chi connectivity index (χ2v) is 6.58. The number of nitrogens with one attached hydrogen (secondary N) is 2. The molecule has 0 radical (unpaired) electrons. The summed E-state index contributed by atoms with van der Waals surface area (Å²) >= 11 is 12.1. The molecule has 0 saturated heterocycles. The van der Waals surface area contributed by atoms with Gasteiger partial charge in [0, 0.05) is 16.1 Å². The maximum Gasteiger partial charge on any atom is 0.238 e. The molecule has 6 nitrogen and oxygen atoms in total. The number of hydrogen-bond acceptors (Lipinski definition) is 4. The van der Waals surface area contributed by atoms with Crippen molar-refractivity contribution in [2.75, 3.05) is 11.9 Å². The van der Waals surface area contributed by atoms with Crippen LogP contribution in [0.15, 0.2) is 55.1 Å². The number of benzene rings is 2. The van der Waals surface area contributed by atoms with Gasteiger partial charge >= 0.3 is 0 Å². The Kier molecular flexibility index (Phi) is 5.88. The van der Waals surface area contributed by atoms with Gasteiger partial charge in [-0.25, -0.2) is 9.67 Å². The van der Waals surface area contributed by atoms with Crippen LogP contribution < -0.4 is 10.6 Å². The van der Waals surface area contributed by atoms with Crippen LogP contribution in [0.2, 0.25) is 10.0 Å². The minimum absolute atomic E-state index is 0.0198. The molecule has 1 heterocycles. The third kappa shape index (κ3) is 4.60. The molecule has 0 fully saturated rings. The molecule has 0 spiro atoms. The zero-order chi connectivity index (χ0) is 18.5. The lowest BCUT2D eigenvalue weighted by atomic mass is 10.1. The zero-order valence-corrected chi connectivity index (χ0v) is 15.5. The van der Waals surface area contributed by atoms with Crippen molar-refractivity contribution in [3.8, 4) is 5.69 Å². The van der Waals surface area contributed by atoms with Crippen molar-refractivity contribution in [2.24, 2.45) is 0 Å². The van der Waals surface area contributed by atoms with E-state index in [1.807, 2.05) is 31.2 Å². The Balaban J connectivity index is 1.66. The average molecular weight is 390 g/mol. The third-order valence-corrected chi connectivity index (χ3v) is 4.29. The van der Waals surface area contributed by atoms with Crippen LogP contribution in [0.5, 0.6) is 0 Å². The van der Waals surface area contributed by atoms with Crippen LogP contribution in [0.3, 0.4) is 0 Å². The van der Waals surface area contributed by atoms with Crippen LogP contribution in [-0.2, 0) is 4.79 Å². The highest BCUT2D eigenvalue weighted by Crippen LogP contribution is 2.24. The number of halogens is 2. The van der Waals surface area contributed by atoms with Crippen molar-refractivity contribution in [1.82, 2.24) is 20.1 Å². The fourth-order valence-corrected chi connectivity index (χ4v) is 2.85. The molecule has 26 heavy (non-hydrogen) atoms. The number of anilines is 1. The highest BCUT2D eigenvalue weighted by Gasteiger charge is 2.12. The van der Waals surface area contributed by atoms with Crippen LogP contribution in [0.4, 0.5) is 5.69 Å². The summed E-state index contributed by atoms with van der Waals surface area (Å²) in [6.45, 7) is 2.11. The van der Waals surface area contributed by atoms with E-state index in [0.717, 1.165) is 5.56 Å². The lowest BCUT2D eigenvalue weighted by Gasteiger charge is -2.15. The van der Waals surface area contributed by atoms with E-state index in [0.29, 0.717) is 21.4 Å². The van der Waals surface area contributed by atoms with Gasteiger partial charge in [0.2, 0.25) is 5.91 Å². The van der Waals surface area contributed by atoms with Crippen molar-refractivity contribution in [3.63, 3.8) is 0 Å². The number of hydrogen-bond donors (Lipinski definition) is 2. The highest BCUT2D eigenvalue weighted by molar-refractivity contribution is 6.31.